The Morgan fingerprint density at radius 3 is 2.55 bits per heavy atom. The van der Waals surface area contributed by atoms with Crippen LogP contribution < -0.4 is 10.2 Å². The van der Waals surface area contributed by atoms with Gasteiger partial charge in [0.05, 0.1) is 7.11 Å². The zero-order valence-corrected chi connectivity index (χ0v) is 13.3. The van der Waals surface area contributed by atoms with Crippen molar-refractivity contribution in [3.8, 4) is 0 Å². The van der Waals surface area contributed by atoms with Gasteiger partial charge >= 0.3 is 6.09 Å². The van der Waals surface area contributed by atoms with Crippen molar-refractivity contribution in [2.75, 3.05) is 39.2 Å². The van der Waals surface area contributed by atoms with E-state index < -0.39 is 0 Å². The normalized spacial score (nSPS) is 15.3. The van der Waals surface area contributed by atoms with Crippen LogP contribution in [0.15, 0.2) is 24.3 Å². The topological polar surface area (TPSA) is 61.9 Å². The van der Waals surface area contributed by atoms with Crippen LogP contribution in [0, 0.1) is 0 Å². The minimum atomic E-state index is -0.302. The van der Waals surface area contributed by atoms with Gasteiger partial charge in [-0.05, 0) is 31.0 Å². The Hall–Kier alpha value is -2.24. The Bertz CT molecular complexity index is 537. The molecule has 2 rings (SSSR count). The first-order chi connectivity index (χ1) is 10.5. The van der Waals surface area contributed by atoms with Crippen molar-refractivity contribution < 1.29 is 14.3 Å². The summed E-state index contributed by atoms with van der Waals surface area (Å²) in [6.45, 7) is 1.21. The Morgan fingerprint density at radius 1 is 1.27 bits per heavy atom. The number of nitrogens with zero attached hydrogens (tertiary/aromatic N) is 2. The quantitative estimate of drug-likeness (QED) is 0.923. The highest BCUT2D eigenvalue weighted by molar-refractivity contribution is 5.95. The molecule has 22 heavy (non-hydrogen) atoms. The molecular formula is C16H23N3O3. The monoisotopic (exact) mass is 305 g/mol. The molecule has 0 bridgehead atoms. The molecule has 0 radical (unpaired) electrons. The fourth-order valence-corrected chi connectivity index (χ4v) is 2.53. The van der Waals surface area contributed by atoms with Gasteiger partial charge in [-0.25, -0.2) is 4.79 Å². The zero-order valence-electron chi connectivity index (χ0n) is 13.3. The summed E-state index contributed by atoms with van der Waals surface area (Å²) >= 11 is 0. The molecule has 1 aromatic rings. The average molecular weight is 305 g/mol. The van der Waals surface area contributed by atoms with Crippen molar-refractivity contribution in [3.05, 3.63) is 29.8 Å². The van der Waals surface area contributed by atoms with Crippen molar-refractivity contribution in [1.82, 2.24) is 10.2 Å². The van der Waals surface area contributed by atoms with Crippen LogP contribution in [0.5, 0.6) is 0 Å². The molecule has 0 aromatic heterocycles. The molecule has 0 atom stereocenters. The van der Waals surface area contributed by atoms with Crippen LogP contribution in [0.3, 0.4) is 0 Å². The number of ether oxygens (including phenoxy) is 1. The number of methoxy groups -OCH3 is 1. The molecule has 1 heterocycles. The summed E-state index contributed by atoms with van der Waals surface area (Å²) in [6.07, 6.45) is 1.19. The van der Waals surface area contributed by atoms with Gasteiger partial charge in [-0.1, -0.05) is 6.07 Å². The van der Waals surface area contributed by atoms with E-state index >= 15 is 0 Å². The smallest absolute Gasteiger partial charge is 0.409 e. The molecule has 1 saturated heterocycles. The van der Waals surface area contributed by atoms with Gasteiger partial charge in [-0.2, -0.15) is 0 Å². The second kappa shape index (κ2) is 7.15. The number of amides is 2. The van der Waals surface area contributed by atoms with E-state index in [1.807, 2.05) is 43.3 Å². The first kappa shape index (κ1) is 16.1. The highest BCUT2D eigenvalue weighted by Gasteiger charge is 2.24. The molecule has 6 nitrogen and oxygen atoms in total. The van der Waals surface area contributed by atoms with Gasteiger partial charge in [0.2, 0.25) is 0 Å². The van der Waals surface area contributed by atoms with E-state index in [-0.39, 0.29) is 18.0 Å². The number of piperidine rings is 1. The lowest BCUT2D eigenvalue weighted by molar-refractivity contribution is 0.0892. The summed E-state index contributed by atoms with van der Waals surface area (Å²) in [6, 6.07) is 7.62. The second-order valence-electron chi connectivity index (χ2n) is 5.65. The molecule has 0 spiro atoms. The molecule has 1 N–H and O–H groups in total. The molecule has 6 heteroatoms. The van der Waals surface area contributed by atoms with E-state index in [9.17, 15) is 9.59 Å². The summed E-state index contributed by atoms with van der Waals surface area (Å²) in [5.41, 5.74) is 1.65. The number of nitrogens with one attached hydrogen (secondary N) is 1. The molecule has 1 fully saturated rings. The van der Waals surface area contributed by atoms with Gasteiger partial charge in [-0.3, -0.25) is 4.79 Å². The van der Waals surface area contributed by atoms with Crippen LogP contribution in [0.25, 0.3) is 0 Å². The maximum absolute atomic E-state index is 12.3. The van der Waals surface area contributed by atoms with E-state index in [1.54, 1.807) is 4.90 Å². The average Bonchev–Trinajstić information content (AvgIpc) is 2.54. The van der Waals surface area contributed by atoms with E-state index in [1.165, 1.54) is 7.11 Å². The van der Waals surface area contributed by atoms with Gasteiger partial charge < -0.3 is 19.9 Å². The van der Waals surface area contributed by atoms with Crippen molar-refractivity contribution in [2.45, 2.75) is 18.9 Å². The van der Waals surface area contributed by atoms with E-state index in [2.05, 4.69) is 5.32 Å². The van der Waals surface area contributed by atoms with Gasteiger partial charge in [0, 0.05) is 44.5 Å². The molecule has 0 saturated carbocycles. The number of likely N-dealkylation sites (tertiary alicyclic amines) is 1. The summed E-state index contributed by atoms with van der Waals surface area (Å²) in [4.78, 5) is 27.4. The fraction of sp³-hybridized carbons (Fsp3) is 0.500. The lowest BCUT2D eigenvalue weighted by atomic mass is 10.0. The van der Waals surface area contributed by atoms with E-state index in [0.717, 1.165) is 18.5 Å². The Morgan fingerprint density at radius 2 is 1.95 bits per heavy atom. The van der Waals surface area contributed by atoms with Crippen LogP contribution in [-0.2, 0) is 4.74 Å². The number of benzene rings is 1. The molecule has 0 unspecified atom stereocenters. The number of hydrogen-bond acceptors (Lipinski definition) is 4. The third-order valence-electron chi connectivity index (χ3n) is 3.89. The minimum Gasteiger partial charge on any atom is -0.453 e. The number of carbonyl (C=O) groups is 2. The minimum absolute atomic E-state index is 0.0692. The Balaban J connectivity index is 1.91. The third-order valence-corrected chi connectivity index (χ3v) is 3.89. The summed E-state index contributed by atoms with van der Waals surface area (Å²) in [7, 11) is 5.27. The van der Waals surface area contributed by atoms with Gasteiger partial charge in [0.15, 0.2) is 0 Å². The Labute approximate surface area is 131 Å². The highest BCUT2D eigenvalue weighted by Crippen LogP contribution is 2.15. The standard InChI is InChI=1S/C16H23N3O3/c1-18(2)14-6-4-5-12(11-14)15(20)17-13-7-9-19(10-8-13)16(21)22-3/h4-6,11,13H,7-10H2,1-3H3,(H,17,20). The summed E-state index contributed by atoms with van der Waals surface area (Å²) in [5.74, 6) is -0.0692. The molecule has 1 aliphatic heterocycles. The molecule has 1 aliphatic rings. The predicted molar refractivity (Wildman–Crippen MR) is 85.2 cm³/mol. The Kier molecular flexibility index (Phi) is 5.25. The zero-order chi connectivity index (χ0) is 16.1. The van der Waals surface area contributed by atoms with E-state index in [0.29, 0.717) is 18.7 Å². The van der Waals surface area contributed by atoms with Crippen LogP contribution in [0.1, 0.15) is 23.2 Å². The molecule has 120 valence electrons. The first-order valence-electron chi connectivity index (χ1n) is 7.42. The molecule has 2 amide bonds. The van der Waals surface area contributed by atoms with Gasteiger partial charge in [0.25, 0.3) is 5.91 Å². The number of rotatable bonds is 3. The maximum atomic E-state index is 12.3. The van der Waals surface area contributed by atoms with Gasteiger partial charge in [-0.15, -0.1) is 0 Å². The summed E-state index contributed by atoms with van der Waals surface area (Å²) in [5, 5.41) is 3.04. The molecular weight excluding hydrogens is 282 g/mol. The highest BCUT2D eigenvalue weighted by atomic mass is 16.5. The maximum Gasteiger partial charge on any atom is 0.409 e. The number of carbonyl (C=O) groups excluding carboxylic acids is 2. The lowest BCUT2D eigenvalue weighted by Crippen LogP contribution is -2.46. The van der Waals surface area contributed by atoms with Gasteiger partial charge in [0.1, 0.15) is 0 Å². The number of hydrogen-bond donors (Lipinski definition) is 1. The van der Waals surface area contributed by atoms with Crippen LogP contribution in [-0.4, -0.2) is 57.2 Å². The molecule has 1 aromatic carbocycles. The SMILES string of the molecule is COC(=O)N1CCC(NC(=O)c2cccc(N(C)C)c2)CC1. The van der Waals surface area contributed by atoms with Crippen molar-refractivity contribution in [1.29, 1.82) is 0 Å². The van der Waals surface area contributed by atoms with Crippen molar-refractivity contribution in [3.63, 3.8) is 0 Å². The second-order valence-corrected chi connectivity index (χ2v) is 5.65. The first-order valence-corrected chi connectivity index (χ1v) is 7.42. The number of anilines is 1. The van der Waals surface area contributed by atoms with Crippen molar-refractivity contribution >= 4 is 17.7 Å². The molecule has 0 aliphatic carbocycles. The predicted octanol–water partition coefficient (Wildman–Crippen LogP) is 1.71. The van der Waals surface area contributed by atoms with Crippen molar-refractivity contribution in [2.24, 2.45) is 0 Å². The lowest BCUT2D eigenvalue weighted by Gasteiger charge is -2.31. The van der Waals surface area contributed by atoms with Crippen LogP contribution in [0.2, 0.25) is 0 Å². The van der Waals surface area contributed by atoms with Crippen LogP contribution >= 0.6 is 0 Å². The van der Waals surface area contributed by atoms with Crippen LogP contribution in [0.4, 0.5) is 10.5 Å². The summed E-state index contributed by atoms with van der Waals surface area (Å²) < 4.78 is 4.71. The third kappa shape index (κ3) is 3.90. The fourth-order valence-electron chi connectivity index (χ4n) is 2.53. The largest absolute Gasteiger partial charge is 0.453 e. The van der Waals surface area contributed by atoms with E-state index in [4.69, 9.17) is 4.74 Å².